The molecule has 0 saturated heterocycles. The molecule has 0 spiro atoms. The first-order chi connectivity index (χ1) is 9.08. The summed E-state index contributed by atoms with van der Waals surface area (Å²) in [5.74, 6) is 0. The Morgan fingerprint density at radius 2 is 1.90 bits per heavy atom. The standard InChI is InChI=1S/C13H14F3N3O/c1-12(2,3)18-11(20)19-10-5-4-9(13(14,15)16)6-8(10)7-17-19/h4-7H,1-3H3,(H,18,20). The molecule has 0 radical (unpaired) electrons. The zero-order valence-corrected chi connectivity index (χ0v) is 11.2. The number of nitrogens with one attached hydrogen (secondary N) is 1. The van der Waals surface area contributed by atoms with Gasteiger partial charge in [0.2, 0.25) is 0 Å². The van der Waals surface area contributed by atoms with Gasteiger partial charge in [0.15, 0.2) is 0 Å². The Bertz CT molecular complexity index is 653. The van der Waals surface area contributed by atoms with E-state index in [9.17, 15) is 18.0 Å². The van der Waals surface area contributed by atoms with Crippen molar-refractivity contribution in [1.29, 1.82) is 0 Å². The molecule has 20 heavy (non-hydrogen) atoms. The van der Waals surface area contributed by atoms with Crippen LogP contribution < -0.4 is 5.32 Å². The van der Waals surface area contributed by atoms with Crippen LogP contribution in [0.25, 0.3) is 10.9 Å². The molecule has 1 aromatic carbocycles. The molecule has 0 unspecified atom stereocenters. The summed E-state index contributed by atoms with van der Waals surface area (Å²) in [5, 5.41) is 6.81. The quantitative estimate of drug-likeness (QED) is 0.806. The van der Waals surface area contributed by atoms with Crippen LogP contribution in [-0.2, 0) is 6.18 Å². The zero-order valence-electron chi connectivity index (χ0n) is 11.2. The molecule has 2 aromatic rings. The number of amides is 1. The second-order valence-corrected chi connectivity index (χ2v) is 5.51. The Labute approximate surface area is 113 Å². The highest BCUT2D eigenvalue weighted by molar-refractivity contribution is 5.90. The van der Waals surface area contributed by atoms with Crippen molar-refractivity contribution in [1.82, 2.24) is 15.1 Å². The largest absolute Gasteiger partial charge is 0.416 e. The van der Waals surface area contributed by atoms with Crippen molar-refractivity contribution in [3.8, 4) is 0 Å². The second-order valence-electron chi connectivity index (χ2n) is 5.51. The molecule has 2 rings (SSSR count). The highest BCUT2D eigenvalue weighted by Crippen LogP contribution is 2.31. The number of rotatable bonds is 0. The number of alkyl halides is 3. The summed E-state index contributed by atoms with van der Waals surface area (Å²) in [6, 6.07) is 2.67. The Kier molecular flexibility index (Phi) is 3.23. The molecule has 7 heteroatoms. The van der Waals surface area contributed by atoms with Crippen LogP contribution in [0.2, 0.25) is 0 Å². The normalized spacial score (nSPS) is 12.7. The van der Waals surface area contributed by atoms with E-state index in [1.807, 2.05) is 0 Å². The predicted molar refractivity (Wildman–Crippen MR) is 68.4 cm³/mol. The maximum absolute atomic E-state index is 12.6. The van der Waals surface area contributed by atoms with Crippen molar-refractivity contribution in [3.63, 3.8) is 0 Å². The minimum Gasteiger partial charge on any atom is -0.332 e. The smallest absolute Gasteiger partial charge is 0.332 e. The van der Waals surface area contributed by atoms with E-state index in [2.05, 4.69) is 10.4 Å². The maximum Gasteiger partial charge on any atom is 0.416 e. The van der Waals surface area contributed by atoms with Crippen LogP contribution >= 0.6 is 0 Å². The molecule has 0 aliphatic rings. The Morgan fingerprint density at radius 3 is 2.45 bits per heavy atom. The van der Waals surface area contributed by atoms with E-state index in [4.69, 9.17) is 0 Å². The summed E-state index contributed by atoms with van der Waals surface area (Å²) >= 11 is 0. The van der Waals surface area contributed by atoms with Crippen molar-refractivity contribution in [3.05, 3.63) is 30.0 Å². The minimum absolute atomic E-state index is 0.267. The van der Waals surface area contributed by atoms with Gasteiger partial charge >= 0.3 is 12.2 Å². The lowest BCUT2D eigenvalue weighted by Gasteiger charge is -2.20. The van der Waals surface area contributed by atoms with Gasteiger partial charge in [-0.1, -0.05) is 0 Å². The van der Waals surface area contributed by atoms with Gasteiger partial charge in [0.25, 0.3) is 0 Å². The monoisotopic (exact) mass is 285 g/mol. The number of halogens is 3. The fraction of sp³-hybridized carbons (Fsp3) is 0.385. The first kappa shape index (κ1) is 14.4. The molecule has 0 fully saturated rings. The average Bonchev–Trinajstić information content (AvgIpc) is 2.67. The SMILES string of the molecule is CC(C)(C)NC(=O)n1ncc2cc(C(F)(F)F)ccc21. The fourth-order valence-electron chi connectivity index (χ4n) is 1.74. The van der Waals surface area contributed by atoms with Gasteiger partial charge in [-0.2, -0.15) is 23.0 Å². The molecule has 0 aliphatic carbocycles. The van der Waals surface area contributed by atoms with Crippen molar-refractivity contribution in [2.24, 2.45) is 0 Å². The highest BCUT2D eigenvalue weighted by atomic mass is 19.4. The molecule has 0 aliphatic heterocycles. The number of carbonyl (C=O) groups excluding carboxylic acids is 1. The van der Waals surface area contributed by atoms with E-state index in [0.29, 0.717) is 5.52 Å². The fourth-order valence-corrected chi connectivity index (χ4v) is 1.74. The lowest BCUT2D eigenvalue weighted by atomic mass is 10.1. The first-order valence-electron chi connectivity index (χ1n) is 5.95. The van der Waals surface area contributed by atoms with E-state index >= 15 is 0 Å². The summed E-state index contributed by atoms with van der Waals surface area (Å²) in [5.41, 5.74) is -0.887. The molecule has 1 aromatic heterocycles. The maximum atomic E-state index is 12.6. The minimum atomic E-state index is -4.41. The first-order valence-corrected chi connectivity index (χ1v) is 5.95. The van der Waals surface area contributed by atoms with Gasteiger partial charge in [-0.15, -0.1) is 0 Å². The van der Waals surface area contributed by atoms with Crippen LogP contribution in [0, 0.1) is 0 Å². The van der Waals surface area contributed by atoms with Crippen molar-refractivity contribution >= 4 is 16.9 Å². The van der Waals surface area contributed by atoms with Crippen LogP contribution in [0.4, 0.5) is 18.0 Å². The summed E-state index contributed by atoms with van der Waals surface area (Å²) in [6.07, 6.45) is -3.17. The van der Waals surface area contributed by atoms with E-state index in [0.717, 1.165) is 16.8 Å². The summed E-state index contributed by atoms with van der Waals surface area (Å²) in [7, 11) is 0. The average molecular weight is 285 g/mol. The molecule has 0 bridgehead atoms. The number of hydrogen-bond acceptors (Lipinski definition) is 2. The van der Waals surface area contributed by atoms with Crippen LogP contribution in [0.5, 0.6) is 0 Å². The van der Waals surface area contributed by atoms with Crippen LogP contribution in [0.1, 0.15) is 26.3 Å². The second kappa shape index (κ2) is 4.50. The molecular formula is C13H14F3N3O. The number of hydrogen-bond donors (Lipinski definition) is 1. The number of nitrogens with zero attached hydrogens (tertiary/aromatic N) is 2. The summed E-state index contributed by atoms with van der Waals surface area (Å²) < 4.78 is 38.8. The highest BCUT2D eigenvalue weighted by Gasteiger charge is 2.31. The molecule has 108 valence electrons. The Balaban J connectivity index is 2.41. The number of carbonyl (C=O) groups is 1. The molecule has 0 atom stereocenters. The van der Waals surface area contributed by atoms with Crippen molar-refractivity contribution in [2.75, 3.05) is 0 Å². The third-order valence-electron chi connectivity index (χ3n) is 2.57. The molecule has 0 saturated carbocycles. The van der Waals surface area contributed by atoms with Crippen LogP contribution in [-0.4, -0.2) is 21.4 Å². The van der Waals surface area contributed by atoms with E-state index in [-0.39, 0.29) is 5.39 Å². The van der Waals surface area contributed by atoms with Gasteiger partial charge in [0.05, 0.1) is 17.3 Å². The van der Waals surface area contributed by atoms with Crippen molar-refractivity contribution in [2.45, 2.75) is 32.5 Å². The zero-order chi connectivity index (χ0) is 15.1. The third-order valence-corrected chi connectivity index (χ3v) is 2.57. The Morgan fingerprint density at radius 1 is 1.25 bits per heavy atom. The van der Waals surface area contributed by atoms with Gasteiger partial charge in [-0.05, 0) is 39.0 Å². The van der Waals surface area contributed by atoms with Gasteiger partial charge in [-0.25, -0.2) is 4.79 Å². The van der Waals surface area contributed by atoms with E-state index in [1.54, 1.807) is 20.8 Å². The molecule has 1 amide bonds. The Hall–Kier alpha value is -2.05. The number of fused-ring (bicyclic) bond motifs is 1. The third kappa shape index (κ3) is 2.92. The van der Waals surface area contributed by atoms with E-state index in [1.165, 1.54) is 12.3 Å². The predicted octanol–water partition coefficient (Wildman–Crippen LogP) is 3.41. The van der Waals surface area contributed by atoms with Crippen LogP contribution in [0.3, 0.4) is 0 Å². The number of benzene rings is 1. The summed E-state index contributed by atoms with van der Waals surface area (Å²) in [6.45, 7) is 5.41. The summed E-state index contributed by atoms with van der Waals surface area (Å²) in [4.78, 5) is 12.0. The topological polar surface area (TPSA) is 46.9 Å². The van der Waals surface area contributed by atoms with Crippen molar-refractivity contribution < 1.29 is 18.0 Å². The van der Waals surface area contributed by atoms with Gasteiger partial charge in [0.1, 0.15) is 0 Å². The molecular weight excluding hydrogens is 271 g/mol. The lowest BCUT2D eigenvalue weighted by Crippen LogP contribution is -2.43. The van der Waals surface area contributed by atoms with Crippen LogP contribution in [0.15, 0.2) is 24.4 Å². The van der Waals surface area contributed by atoms with Gasteiger partial charge < -0.3 is 5.32 Å². The molecule has 4 nitrogen and oxygen atoms in total. The molecule has 1 heterocycles. The number of aromatic nitrogens is 2. The molecule has 1 N–H and O–H groups in total. The van der Waals surface area contributed by atoms with Gasteiger partial charge in [-0.3, -0.25) is 0 Å². The lowest BCUT2D eigenvalue weighted by molar-refractivity contribution is -0.137. The van der Waals surface area contributed by atoms with E-state index < -0.39 is 23.3 Å². The van der Waals surface area contributed by atoms with Gasteiger partial charge in [0, 0.05) is 10.9 Å².